The van der Waals surface area contributed by atoms with E-state index < -0.39 is 17.3 Å². The third-order valence-electron chi connectivity index (χ3n) is 7.42. The zero-order valence-corrected chi connectivity index (χ0v) is 19.3. The van der Waals surface area contributed by atoms with Gasteiger partial charge in [0.05, 0.1) is 19.8 Å². The molecule has 1 aromatic heterocycles. The monoisotopic (exact) mass is 465 g/mol. The number of hydrogen-bond donors (Lipinski definition) is 2. The lowest BCUT2D eigenvalue weighted by atomic mass is 9.68. The summed E-state index contributed by atoms with van der Waals surface area (Å²) in [5.41, 5.74) is 2.60. The molecule has 0 bridgehead atoms. The number of halogens is 1. The Hall–Kier alpha value is -3.39. The molecule has 1 saturated heterocycles. The second-order valence-corrected chi connectivity index (χ2v) is 9.25. The summed E-state index contributed by atoms with van der Waals surface area (Å²) in [6.07, 6.45) is 1.37. The fourth-order valence-electron chi connectivity index (χ4n) is 5.67. The highest BCUT2D eigenvalue weighted by atomic mass is 19.1. The van der Waals surface area contributed by atoms with Gasteiger partial charge in [-0.3, -0.25) is 9.59 Å². The summed E-state index contributed by atoms with van der Waals surface area (Å²) >= 11 is 0. The van der Waals surface area contributed by atoms with Crippen LogP contribution in [0.3, 0.4) is 0 Å². The first-order chi connectivity index (χ1) is 16.4. The lowest BCUT2D eigenvalue weighted by molar-refractivity contribution is -0.130. The number of likely N-dealkylation sites (tertiary alicyclic amines) is 1. The zero-order chi connectivity index (χ0) is 24.0. The van der Waals surface area contributed by atoms with E-state index in [9.17, 15) is 19.1 Å². The average molecular weight is 466 g/mol. The van der Waals surface area contributed by atoms with Gasteiger partial charge in [0.15, 0.2) is 0 Å². The van der Waals surface area contributed by atoms with Crippen LogP contribution in [0.5, 0.6) is 5.75 Å². The molecule has 0 unspecified atom stereocenters. The van der Waals surface area contributed by atoms with Crippen molar-refractivity contribution in [3.05, 3.63) is 65.1 Å². The first-order valence-corrected chi connectivity index (χ1v) is 11.5. The van der Waals surface area contributed by atoms with E-state index in [-0.39, 0.29) is 24.0 Å². The smallest absolute Gasteiger partial charge is 0.254 e. The molecule has 3 aromatic rings. The summed E-state index contributed by atoms with van der Waals surface area (Å²) < 4.78 is 19.3. The number of ether oxygens (including phenoxy) is 1. The molecule has 7 nitrogen and oxygen atoms in total. The number of H-pyrrole nitrogens is 1. The number of aromatic nitrogens is 1. The van der Waals surface area contributed by atoms with E-state index in [0.29, 0.717) is 38.2 Å². The Kier molecular flexibility index (Phi) is 5.56. The molecular formula is C26H28FN3O4. The van der Waals surface area contributed by atoms with Gasteiger partial charge in [0.1, 0.15) is 11.6 Å². The number of benzene rings is 2. The lowest BCUT2D eigenvalue weighted by Crippen LogP contribution is -2.55. The van der Waals surface area contributed by atoms with Gasteiger partial charge in [-0.25, -0.2) is 4.39 Å². The van der Waals surface area contributed by atoms with Crippen molar-refractivity contribution in [1.82, 2.24) is 14.8 Å². The summed E-state index contributed by atoms with van der Waals surface area (Å²) in [5.74, 6) is -0.0599. The van der Waals surface area contributed by atoms with Crippen LogP contribution < -0.4 is 4.74 Å². The van der Waals surface area contributed by atoms with Crippen molar-refractivity contribution in [2.45, 2.75) is 31.2 Å². The Morgan fingerprint density at radius 3 is 2.62 bits per heavy atom. The fraction of sp³-hybridized carbons (Fsp3) is 0.385. The zero-order valence-electron chi connectivity index (χ0n) is 19.3. The van der Waals surface area contributed by atoms with Gasteiger partial charge in [-0.15, -0.1) is 0 Å². The standard InChI is InChI=1S/C26H28FN3O4/c1-16(32)29-10-8-26(9-11-29)15-30(25(33)17-4-3-5-18(27)12-17)22(14-31)24-23(26)20-7-6-19(34-2)13-21(20)28-24/h3-7,12-13,22,28,31H,8-11,14-15H2,1-2H3/t22-/m1/s1. The summed E-state index contributed by atoms with van der Waals surface area (Å²) in [6.45, 7) is 2.86. The fourth-order valence-corrected chi connectivity index (χ4v) is 5.67. The SMILES string of the molecule is COc1ccc2c3c([nH]c2c1)[C@@H](CO)N(C(=O)c1cccc(F)c1)CC31CCN(C(C)=O)CC1. The third-order valence-corrected chi connectivity index (χ3v) is 7.42. The minimum Gasteiger partial charge on any atom is -0.497 e. The molecule has 2 amide bonds. The number of amides is 2. The number of nitrogens with one attached hydrogen (secondary N) is 1. The van der Waals surface area contributed by atoms with E-state index in [4.69, 9.17) is 4.74 Å². The number of carbonyl (C=O) groups is 2. The topological polar surface area (TPSA) is 85.9 Å². The van der Waals surface area contributed by atoms with Crippen molar-refractivity contribution < 1.29 is 23.8 Å². The van der Waals surface area contributed by atoms with Gasteiger partial charge in [0.25, 0.3) is 5.91 Å². The predicted octanol–water partition coefficient (Wildman–Crippen LogP) is 3.39. The van der Waals surface area contributed by atoms with Gasteiger partial charge in [0.2, 0.25) is 5.91 Å². The molecule has 0 radical (unpaired) electrons. The normalized spacial score (nSPS) is 19.4. The number of aromatic amines is 1. The van der Waals surface area contributed by atoms with E-state index >= 15 is 0 Å². The van der Waals surface area contributed by atoms with Crippen LogP contribution in [0.2, 0.25) is 0 Å². The maximum atomic E-state index is 13.9. The highest BCUT2D eigenvalue weighted by Gasteiger charge is 2.49. The predicted molar refractivity (Wildman–Crippen MR) is 125 cm³/mol. The van der Waals surface area contributed by atoms with Crippen LogP contribution in [-0.4, -0.2) is 65.1 Å². The molecule has 178 valence electrons. The molecule has 2 aliphatic rings. The van der Waals surface area contributed by atoms with Crippen molar-refractivity contribution in [3.63, 3.8) is 0 Å². The molecule has 3 heterocycles. The molecule has 2 aliphatic heterocycles. The first-order valence-electron chi connectivity index (χ1n) is 11.5. The number of nitrogens with zero attached hydrogens (tertiary/aromatic N) is 2. The number of fused-ring (bicyclic) bond motifs is 4. The minimum absolute atomic E-state index is 0.0375. The van der Waals surface area contributed by atoms with Gasteiger partial charge < -0.3 is 24.6 Å². The Morgan fingerprint density at radius 1 is 1.21 bits per heavy atom. The van der Waals surface area contributed by atoms with E-state index in [1.54, 1.807) is 25.0 Å². The molecule has 8 heteroatoms. The molecule has 1 atom stereocenters. The van der Waals surface area contributed by atoms with Crippen LogP contribution in [0.25, 0.3) is 10.9 Å². The lowest BCUT2D eigenvalue weighted by Gasteiger charge is -2.50. The molecule has 1 fully saturated rings. The molecule has 0 aliphatic carbocycles. The molecular weight excluding hydrogens is 437 g/mol. The number of aliphatic hydroxyl groups excluding tert-OH is 1. The van der Waals surface area contributed by atoms with Gasteiger partial charge in [-0.05, 0) is 48.7 Å². The highest BCUT2D eigenvalue weighted by molar-refractivity contribution is 5.96. The summed E-state index contributed by atoms with van der Waals surface area (Å²) in [4.78, 5) is 32.6. The maximum absolute atomic E-state index is 13.9. The van der Waals surface area contributed by atoms with Crippen LogP contribution in [0, 0.1) is 5.82 Å². The molecule has 5 rings (SSSR count). The molecule has 1 spiro atoms. The third kappa shape index (κ3) is 3.53. The largest absolute Gasteiger partial charge is 0.497 e. The Balaban J connectivity index is 1.66. The molecule has 0 saturated carbocycles. The van der Waals surface area contributed by atoms with E-state index in [1.807, 2.05) is 23.1 Å². The average Bonchev–Trinajstić information content (AvgIpc) is 3.23. The quantitative estimate of drug-likeness (QED) is 0.621. The van der Waals surface area contributed by atoms with E-state index in [0.717, 1.165) is 22.2 Å². The number of hydrogen-bond acceptors (Lipinski definition) is 4. The Bertz CT molecular complexity index is 1260. The maximum Gasteiger partial charge on any atom is 0.254 e. The number of aliphatic hydroxyl groups is 1. The molecule has 2 aromatic carbocycles. The Morgan fingerprint density at radius 2 is 1.97 bits per heavy atom. The second kappa shape index (κ2) is 8.43. The van der Waals surface area contributed by atoms with Crippen LogP contribution >= 0.6 is 0 Å². The number of rotatable bonds is 3. The summed E-state index contributed by atoms with van der Waals surface area (Å²) in [5, 5.41) is 11.5. The number of carbonyl (C=O) groups excluding carboxylic acids is 2. The van der Waals surface area contributed by atoms with Crippen molar-refractivity contribution in [2.75, 3.05) is 33.4 Å². The second-order valence-electron chi connectivity index (χ2n) is 9.25. The van der Waals surface area contributed by atoms with Crippen molar-refractivity contribution in [3.8, 4) is 5.75 Å². The van der Waals surface area contributed by atoms with Crippen LogP contribution in [0.4, 0.5) is 4.39 Å². The highest BCUT2D eigenvalue weighted by Crippen LogP contribution is 2.49. The van der Waals surface area contributed by atoms with E-state index in [1.165, 1.54) is 18.2 Å². The summed E-state index contributed by atoms with van der Waals surface area (Å²) in [6, 6.07) is 10.9. The van der Waals surface area contributed by atoms with Crippen LogP contribution in [-0.2, 0) is 10.2 Å². The molecule has 34 heavy (non-hydrogen) atoms. The first kappa shape index (κ1) is 22.4. The minimum atomic E-state index is -0.597. The van der Waals surface area contributed by atoms with E-state index in [2.05, 4.69) is 4.98 Å². The van der Waals surface area contributed by atoms with Crippen molar-refractivity contribution in [2.24, 2.45) is 0 Å². The van der Waals surface area contributed by atoms with Crippen molar-refractivity contribution >= 4 is 22.7 Å². The van der Waals surface area contributed by atoms with Gasteiger partial charge >= 0.3 is 0 Å². The number of piperidine rings is 1. The number of methoxy groups -OCH3 is 1. The Labute approximate surface area is 197 Å². The summed E-state index contributed by atoms with van der Waals surface area (Å²) in [7, 11) is 1.61. The van der Waals surface area contributed by atoms with Crippen molar-refractivity contribution in [1.29, 1.82) is 0 Å². The molecule has 2 N–H and O–H groups in total. The van der Waals surface area contributed by atoms with Gasteiger partial charge in [0, 0.05) is 60.2 Å². The van der Waals surface area contributed by atoms with Gasteiger partial charge in [-0.1, -0.05) is 6.07 Å². The van der Waals surface area contributed by atoms with Gasteiger partial charge in [-0.2, -0.15) is 0 Å². The van der Waals surface area contributed by atoms with Crippen LogP contribution in [0.1, 0.15) is 47.4 Å². The van der Waals surface area contributed by atoms with Crippen LogP contribution in [0.15, 0.2) is 42.5 Å².